The van der Waals surface area contributed by atoms with Crippen LogP contribution >= 0.6 is 11.6 Å². The highest BCUT2D eigenvalue weighted by atomic mass is 35.5. The molecule has 2 aliphatic heterocycles. The summed E-state index contributed by atoms with van der Waals surface area (Å²) in [5.41, 5.74) is 7.18. The Balaban J connectivity index is 0.000000193. The summed E-state index contributed by atoms with van der Waals surface area (Å²) < 4.78 is 40.6. The number of halogens is 4. The zero-order valence-corrected chi connectivity index (χ0v) is 36.7. The second-order valence-corrected chi connectivity index (χ2v) is 16.3. The van der Waals surface area contributed by atoms with Crippen LogP contribution in [-0.2, 0) is 16.0 Å². The maximum Gasteiger partial charge on any atom is 0.573 e. The number of anilines is 4. The van der Waals surface area contributed by atoms with Crippen molar-refractivity contribution < 1.29 is 27.5 Å². The number of alkyl halides is 3. The van der Waals surface area contributed by atoms with Gasteiger partial charge in [0, 0.05) is 78.9 Å². The second kappa shape index (κ2) is 21.4. The van der Waals surface area contributed by atoms with Crippen molar-refractivity contribution in [2.45, 2.75) is 45.9 Å². The predicted octanol–water partition coefficient (Wildman–Crippen LogP) is 9.46. The molecule has 2 fully saturated rings. The zero-order chi connectivity index (χ0) is 45.1. The van der Waals surface area contributed by atoms with Gasteiger partial charge in [0.15, 0.2) is 0 Å². The van der Waals surface area contributed by atoms with E-state index in [0.717, 1.165) is 115 Å². The highest BCUT2D eigenvalue weighted by Crippen LogP contribution is 2.28. The molecular weight excluding hydrogens is 841 g/mol. The van der Waals surface area contributed by atoms with Crippen LogP contribution in [0.3, 0.4) is 0 Å². The van der Waals surface area contributed by atoms with Gasteiger partial charge >= 0.3 is 6.36 Å². The minimum absolute atomic E-state index is 0.00333. The van der Waals surface area contributed by atoms with E-state index in [4.69, 9.17) is 21.6 Å². The van der Waals surface area contributed by atoms with Gasteiger partial charge in [0.05, 0.1) is 11.0 Å². The minimum atomic E-state index is -4.74. The summed E-state index contributed by atoms with van der Waals surface area (Å²) in [4.78, 5) is 39.1. The van der Waals surface area contributed by atoms with Crippen LogP contribution in [0, 0.1) is 13.8 Å². The SMILES string of the molecule is Cc1cc(N2CCCNCC2)nc2ccc(NC(=O)/C=C/c3ccc(OC(F)(F)F)cc3)cc12.Cc1cc(N2CCCNCC2)nc2ccc(NC(=O)CCc3ccc(Cl)cc3)cc12. The van der Waals surface area contributed by atoms with Gasteiger partial charge in [-0.2, -0.15) is 0 Å². The molecule has 64 heavy (non-hydrogen) atoms. The summed E-state index contributed by atoms with van der Waals surface area (Å²) in [5.74, 6) is 1.33. The van der Waals surface area contributed by atoms with Crippen LogP contribution in [0.1, 0.15) is 41.5 Å². The van der Waals surface area contributed by atoms with Gasteiger partial charge in [0.1, 0.15) is 17.4 Å². The number of aromatic nitrogens is 2. The molecule has 0 spiro atoms. The van der Waals surface area contributed by atoms with E-state index in [1.165, 1.54) is 42.0 Å². The van der Waals surface area contributed by atoms with Crippen molar-refractivity contribution in [3.05, 3.63) is 130 Å². The first kappa shape index (κ1) is 45.8. The largest absolute Gasteiger partial charge is 0.573 e. The molecular formula is C49H52ClF3N8O3. The molecule has 4 N–H and O–H groups in total. The van der Waals surface area contributed by atoms with Crippen LogP contribution in [0.4, 0.5) is 36.2 Å². The van der Waals surface area contributed by atoms with Gasteiger partial charge in [0.2, 0.25) is 11.8 Å². The fourth-order valence-corrected chi connectivity index (χ4v) is 7.78. The molecule has 15 heteroatoms. The van der Waals surface area contributed by atoms with Crippen LogP contribution in [0.5, 0.6) is 5.75 Å². The van der Waals surface area contributed by atoms with Crippen molar-refractivity contribution in [2.24, 2.45) is 0 Å². The molecule has 0 saturated carbocycles. The highest BCUT2D eigenvalue weighted by molar-refractivity contribution is 6.30. The Morgan fingerprint density at radius 2 is 1.27 bits per heavy atom. The van der Waals surface area contributed by atoms with Crippen molar-refractivity contribution in [2.75, 3.05) is 72.8 Å². The number of ether oxygens (including phenoxy) is 1. The molecule has 0 aliphatic carbocycles. The molecule has 6 aromatic rings. The summed E-state index contributed by atoms with van der Waals surface area (Å²) in [5, 5.41) is 15.4. The average Bonchev–Trinajstić information content (AvgIpc) is 3.73. The molecule has 2 aliphatic rings. The predicted molar refractivity (Wildman–Crippen MR) is 252 cm³/mol. The molecule has 334 valence electrons. The van der Waals surface area contributed by atoms with Crippen LogP contribution in [0.15, 0.2) is 103 Å². The van der Waals surface area contributed by atoms with Gasteiger partial charge < -0.3 is 35.8 Å². The van der Waals surface area contributed by atoms with Crippen molar-refractivity contribution in [1.29, 1.82) is 0 Å². The molecule has 4 heterocycles. The Labute approximate surface area is 376 Å². The van der Waals surface area contributed by atoms with Gasteiger partial charge in [-0.1, -0.05) is 35.9 Å². The summed E-state index contributed by atoms with van der Waals surface area (Å²) in [6, 6.07) is 28.6. The number of nitrogens with one attached hydrogen (secondary N) is 4. The third kappa shape index (κ3) is 13.2. The highest BCUT2D eigenvalue weighted by Gasteiger charge is 2.31. The number of benzene rings is 4. The Kier molecular flexibility index (Phi) is 15.3. The number of hydrogen-bond acceptors (Lipinski definition) is 9. The number of hydrogen-bond donors (Lipinski definition) is 4. The quantitative estimate of drug-likeness (QED) is 0.0997. The van der Waals surface area contributed by atoms with Crippen LogP contribution in [0.25, 0.3) is 27.9 Å². The fourth-order valence-electron chi connectivity index (χ4n) is 7.65. The number of rotatable bonds is 10. The molecule has 2 saturated heterocycles. The second-order valence-electron chi connectivity index (χ2n) is 15.9. The van der Waals surface area contributed by atoms with Gasteiger partial charge in [-0.05, 0) is 147 Å². The number of pyridine rings is 2. The molecule has 0 unspecified atom stereocenters. The first-order valence-electron chi connectivity index (χ1n) is 21.5. The Morgan fingerprint density at radius 1 is 0.719 bits per heavy atom. The van der Waals surface area contributed by atoms with E-state index in [2.05, 4.69) is 54.9 Å². The Hall–Kier alpha value is -6.22. The average molecular weight is 893 g/mol. The number of carbonyl (C=O) groups excluding carboxylic acids is 2. The van der Waals surface area contributed by atoms with Gasteiger partial charge in [-0.3, -0.25) is 9.59 Å². The molecule has 11 nitrogen and oxygen atoms in total. The van der Waals surface area contributed by atoms with Crippen molar-refractivity contribution in [3.63, 3.8) is 0 Å². The van der Waals surface area contributed by atoms with E-state index in [1.807, 2.05) is 61.5 Å². The molecule has 0 bridgehead atoms. The molecule has 2 amide bonds. The fraction of sp³-hybridized carbons (Fsp3) is 0.306. The van der Waals surface area contributed by atoms with Gasteiger partial charge in [-0.25, -0.2) is 9.97 Å². The Bertz CT molecular complexity index is 2570. The number of carbonyl (C=O) groups is 2. The lowest BCUT2D eigenvalue weighted by molar-refractivity contribution is -0.274. The van der Waals surface area contributed by atoms with E-state index in [9.17, 15) is 22.8 Å². The zero-order valence-electron chi connectivity index (χ0n) is 35.9. The maximum absolute atomic E-state index is 12.4. The number of fused-ring (bicyclic) bond motifs is 2. The van der Waals surface area contributed by atoms with Gasteiger partial charge in [0.25, 0.3) is 0 Å². The summed E-state index contributed by atoms with van der Waals surface area (Å²) in [7, 11) is 0. The van der Waals surface area contributed by atoms with Crippen molar-refractivity contribution in [3.8, 4) is 5.75 Å². The summed E-state index contributed by atoms with van der Waals surface area (Å²) in [6.07, 6.45) is 1.41. The molecule has 2 aromatic heterocycles. The molecule has 0 radical (unpaired) electrons. The normalized spacial score (nSPS) is 14.7. The lowest BCUT2D eigenvalue weighted by Gasteiger charge is -2.22. The van der Waals surface area contributed by atoms with E-state index < -0.39 is 6.36 Å². The molecule has 4 aromatic carbocycles. The molecule has 8 rings (SSSR count). The van der Waals surface area contributed by atoms with E-state index in [1.54, 1.807) is 6.07 Å². The third-order valence-electron chi connectivity index (χ3n) is 11.0. The van der Waals surface area contributed by atoms with Crippen LogP contribution in [0.2, 0.25) is 5.02 Å². The standard InChI is InChI=1S/C25H25F3N4O2.C24H27ClN4O/c1-17-15-23(32-13-2-11-29-12-14-32)31-22-9-6-19(16-21(17)22)30-24(33)10-5-18-3-7-20(8-4-18)34-25(26,27)28;1-17-15-23(29-13-2-11-26-12-14-29)28-22-9-8-20(16-21(17)22)27-24(30)10-5-18-3-6-19(25)7-4-18/h3-10,15-16,29H,2,11-14H2,1H3,(H,30,33);3-4,6-9,15-16,26H,2,5,10-14H2,1H3,(H,27,30)/b10-5+;. The lowest BCUT2D eigenvalue weighted by atomic mass is 10.1. The third-order valence-corrected chi connectivity index (χ3v) is 11.2. The monoisotopic (exact) mass is 892 g/mol. The topological polar surface area (TPSA) is 124 Å². The van der Waals surface area contributed by atoms with Gasteiger partial charge in [-0.15, -0.1) is 13.2 Å². The van der Waals surface area contributed by atoms with Crippen molar-refractivity contribution in [1.82, 2.24) is 20.6 Å². The van der Waals surface area contributed by atoms with Crippen LogP contribution in [-0.4, -0.2) is 80.5 Å². The number of amides is 2. The Morgan fingerprint density at radius 3 is 1.81 bits per heavy atom. The first-order valence-corrected chi connectivity index (χ1v) is 21.9. The smallest absolute Gasteiger partial charge is 0.406 e. The van der Waals surface area contributed by atoms with E-state index in [-0.39, 0.29) is 17.6 Å². The van der Waals surface area contributed by atoms with E-state index >= 15 is 0 Å². The van der Waals surface area contributed by atoms with E-state index in [0.29, 0.717) is 29.1 Å². The van der Waals surface area contributed by atoms with Crippen molar-refractivity contribution >= 4 is 74.3 Å². The molecule has 0 atom stereocenters. The lowest BCUT2D eigenvalue weighted by Crippen LogP contribution is -2.28. The number of aryl methyl sites for hydroxylation is 3. The van der Waals surface area contributed by atoms with Crippen LogP contribution < -0.4 is 35.8 Å². The first-order chi connectivity index (χ1) is 30.8. The minimum Gasteiger partial charge on any atom is -0.406 e. The maximum atomic E-state index is 12.4. The summed E-state index contributed by atoms with van der Waals surface area (Å²) in [6.45, 7) is 12.0. The summed E-state index contributed by atoms with van der Waals surface area (Å²) >= 11 is 5.91. The number of nitrogens with zero attached hydrogens (tertiary/aromatic N) is 4.